The number of hydrogen-bond acceptors (Lipinski definition) is 4. The second kappa shape index (κ2) is 17.9. The van der Waals surface area contributed by atoms with Gasteiger partial charge < -0.3 is 9.64 Å². The molecule has 3 rings (SSSR count). The Kier molecular flexibility index (Phi) is 14.7. The first kappa shape index (κ1) is 32.8. The van der Waals surface area contributed by atoms with Crippen molar-refractivity contribution in [2.45, 2.75) is 85.4 Å². The van der Waals surface area contributed by atoms with Crippen molar-refractivity contribution in [3.8, 4) is 5.75 Å². The van der Waals surface area contributed by atoms with Crippen molar-refractivity contribution in [3.63, 3.8) is 0 Å². The second-order valence-electron chi connectivity index (χ2n) is 11.6. The predicted molar refractivity (Wildman–Crippen MR) is 174 cm³/mol. The Bertz CT molecular complexity index is 967. The summed E-state index contributed by atoms with van der Waals surface area (Å²) in [6, 6.07) is 17.2. The van der Waals surface area contributed by atoms with Crippen molar-refractivity contribution in [3.05, 3.63) is 54.1 Å². The van der Waals surface area contributed by atoms with Crippen LogP contribution in [0.25, 0.3) is 0 Å². The van der Waals surface area contributed by atoms with Gasteiger partial charge in [0, 0.05) is 13.1 Å². The molecule has 2 aromatic carbocycles. The van der Waals surface area contributed by atoms with Gasteiger partial charge in [-0.15, -0.1) is 0 Å². The van der Waals surface area contributed by atoms with E-state index < -0.39 is 18.4 Å². The first-order chi connectivity index (χ1) is 19.6. The SMILES string of the molecule is CCC[CH2][Sn]([CH2]CCC)([CH2]CCC)[c]1ccc(C(=O)NCCCCN2CCN(c3ccccc3OC)CC2)cc1. The van der Waals surface area contributed by atoms with Crippen LogP contribution in [0.2, 0.25) is 13.3 Å². The quantitative estimate of drug-likeness (QED) is 0.138. The Hall–Kier alpha value is -1.73. The number of methoxy groups -OCH3 is 1. The number of nitrogens with zero attached hydrogens (tertiary/aromatic N) is 2. The Labute approximate surface area is 248 Å². The third-order valence-electron chi connectivity index (χ3n) is 8.77. The Morgan fingerprint density at radius 1 is 0.800 bits per heavy atom. The molecule has 0 unspecified atom stereocenters. The molecule has 1 saturated heterocycles. The van der Waals surface area contributed by atoms with Crippen LogP contribution < -0.4 is 18.5 Å². The van der Waals surface area contributed by atoms with Crippen LogP contribution in [-0.2, 0) is 0 Å². The molecule has 0 aromatic heterocycles. The Balaban J connectivity index is 1.42. The average Bonchev–Trinajstić information content (AvgIpc) is 3.01. The van der Waals surface area contributed by atoms with Gasteiger partial charge in [0.25, 0.3) is 0 Å². The van der Waals surface area contributed by atoms with Crippen LogP contribution in [0.3, 0.4) is 0 Å². The number of ether oxygens (including phenoxy) is 1. The third kappa shape index (κ3) is 9.68. The minimum absolute atomic E-state index is 0.0773. The van der Waals surface area contributed by atoms with E-state index in [1.54, 1.807) is 10.7 Å². The molecule has 1 fully saturated rings. The maximum absolute atomic E-state index is 12.9. The summed E-state index contributed by atoms with van der Waals surface area (Å²) in [5.74, 6) is 1.03. The van der Waals surface area contributed by atoms with E-state index in [4.69, 9.17) is 4.74 Å². The van der Waals surface area contributed by atoms with Crippen molar-refractivity contribution < 1.29 is 9.53 Å². The number of carbonyl (C=O) groups is 1. The molecule has 0 atom stereocenters. The monoisotopic (exact) mass is 657 g/mol. The van der Waals surface area contributed by atoms with Crippen molar-refractivity contribution in [2.24, 2.45) is 0 Å². The molecule has 1 aliphatic heterocycles. The molecule has 1 heterocycles. The predicted octanol–water partition coefficient (Wildman–Crippen LogP) is 7.08. The van der Waals surface area contributed by atoms with Gasteiger partial charge in [0.05, 0.1) is 12.8 Å². The summed E-state index contributed by atoms with van der Waals surface area (Å²) in [5.41, 5.74) is 2.01. The third-order valence-corrected chi connectivity index (χ3v) is 24.4. The molecule has 1 aliphatic rings. The van der Waals surface area contributed by atoms with Gasteiger partial charge in [-0.05, 0) is 12.1 Å². The van der Waals surface area contributed by atoms with E-state index in [0.29, 0.717) is 0 Å². The molecule has 0 spiro atoms. The van der Waals surface area contributed by atoms with Crippen LogP contribution >= 0.6 is 0 Å². The number of para-hydroxylation sites is 2. The van der Waals surface area contributed by atoms with E-state index in [1.165, 1.54) is 57.5 Å². The molecule has 222 valence electrons. The molecule has 1 N–H and O–H groups in total. The van der Waals surface area contributed by atoms with Gasteiger partial charge in [0.2, 0.25) is 0 Å². The van der Waals surface area contributed by atoms with Crippen molar-refractivity contribution in [1.82, 2.24) is 10.2 Å². The molecular formula is C34H55N3O2Sn. The Morgan fingerprint density at radius 3 is 1.98 bits per heavy atom. The number of anilines is 1. The van der Waals surface area contributed by atoms with Gasteiger partial charge in [-0.2, -0.15) is 0 Å². The standard InChI is InChI=1S/C22H28N3O2.3C4H9.Sn/c1-27-21-12-6-5-11-20(21)25-17-15-24(16-18-25)14-8-7-13-23-22(26)19-9-3-2-4-10-19;3*1-3-4-2;/h3-6,9-12H,7-8,13-18H2,1H3,(H,23,26);3*1,3-4H2,2H3;. The zero-order chi connectivity index (χ0) is 28.6. The van der Waals surface area contributed by atoms with Gasteiger partial charge in [-0.3, -0.25) is 0 Å². The van der Waals surface area contributed by atoms with Crippen LogP contribution in [0.5, 0.6) is 5.75 Å². The molecule has 0 aliphatic carbocycles. The minimum atomic E-state index is -2.43. The van der Waals surface area contributed by atoms with Crippen LogP contribution in [0.4, 0.5) is 5.69 Å². The van der Waals surface area contributed by atoms with Crippen LogP contribution in [0, 0.1) is 0 Å². The molecule has 0 saturated carbocycles. The van der Waals surface area contributed by atoms with E-state index >= 15 is 0 Å². The summed E-state index contributed by atoms with van der Waals surface area (Å²) < 4.78 is 11.6. The number of piperazine rings is 1. The van der Waals surface area contributed by atoms with E-state index in [-0.39, 0.29) is 5.91 Å². The first-order valence-corrected chi connectivity index (χ1v) is 23.5. The Morgan fingerprint density at radius 2 is 1.40 bits per heavy atom. The maximum atomic E-state index is 12.9. The number of amides is 1. The van der Waals surface area contributed by atoms with E-state index in [1.807, 2.05) is 12.1 Å². The number of carbonyl (C=O) groups excluding carboxylic acids is 1. The van der Waals surface area contributed by atoms with Gasteiger partial charge in [0.1, 0.15) is 5.75 Å². The first-order valence-electron chi connectivity index (χ1n) is 16.1. The van der Waals surface area contributed by atoms with Gasteiger partial charge in [0.15, 0.2) is 0 Å². The molecule has 0 radical (unpaired) electrons. The normalized spacial score (nSPS) is 14.3. The number of hydrogen-bond donors (Lipinski definition) is 1. The zero-order valence-electron chi connectivity index (χ0n) is 25.9. The zero-order valence-corrected chi connectivity index (χ0v) is 28.7. The molecule has 2 aromatic rings. The summed E-state index contributed by atoms with van der Waals surface area (Å²) in [5, 5.41) is 3.18. The van der Waals surface area contributed by atoms with Crippen molar-refractivity contribution >= 4 is 33.6 Å². The van der Waals surface area contributed by atoms with Gasteiger partial charge in [-0.25, -0.2) is 0 Å². The number of benzene rings is 2. The summed E-state index contributed by atoms with van der Waals surface area (Å²) in [6.45, 7) is 13.0. The second-order valence-corrected chi connectivity index (χ2v) is 24.9. The van der Waals surface area contributed by atoms with E-state index in [9.17, 15) is 4.79 Å². The molecule has 6 heteroatoms. The summed E-state index contributed by atoms with van der Waals surface area (Å²) in [6.07, 6.45) is 10.1. The summed E-state index contributed by atoms with van der Waals surface area (Å²) >= 11 is -2.43. The fourth-order valence-corrected chi connectivity index (χ4v) is 22.1. The van der Waals surface area contributed by atoms with Crippen molar-refractivity contribution in [1.29, 1.82) is 0 Å². The average molecular weight is 657 g/mol. The summed E-state index contributed by atoms with van der Waals surface area (Å²) in [7, 11) is 1.74. The number of unbranched alkanes of at least 4 members (excludes halogenated alkanes) is 4. The van der Waals surface area contributed by atoms with Gasteiger partial charge >= 0.3 is 184 Å². The molecule has 40 heavy (non-hydrogen) atoms. The summed E-state index contributed by atoms with van der Waals surface area (Å²) in [4.78, 5) is 17.9. The topological polar surface area (TPSA) is 44.8 Å². The fraction of sp³-hybridized carbons (Fsp3) is 0.618. The van der Waals surface area contributed by atoms with Crippen LogP contribution in [-0.4, -0.2) is 75.6 Å². The van der Waals surface area contributed by atoms with E-state index in [2.05, 4.69) is 72.3 Å². The van der Waals surface area contributed by atoms with Crippen LogP contribution in [0.15, 0.2) is 48.5 Å². The van der Waals surface area contributed by atoms with E-state index in [0.717, 1.165) is 63.4 Å². The fourth-order valence-electron chi connectivity index (χ4n) is 6.20. The molecule has 5 nitrogen and oxygen atoms in total. The molecule has 1 amide bonds. The van der Waals surface area contributed by atoms with Crippen LogP contribution in [0.1, 0.15) is 82.5 Å². The van der Waals surface area contributed by atoms with Crippen molar-refractivity contribution in [2.75, 3.05) is 51.3 Å². The number of nitrogens with one attached hydrogen (secondary N) is 1. The van der Waals surface area contributed by atoms with Gasteiger partial charge in [-0.1, -0.05) is 12.1 Å². The number of rotatable bonds is 18. The molecule has 0 bridgehead atoms. The molecular weight excluding hydrogens is 601 g/mol.